The average Bonchev–Trinajstić information content (AvgIpc) is 3.03. The summed E-state index contributed by atoms with van der Waals surface area (Å²) in [5.41, 5.74) is -0.921. The molecule has 0 aromatic heterocycles. The zero-order valence-electron chi connectivity index (χ0n) is 22.6. The zero-order chi connectivity index (χ0) is 32.1. The molecule has 44 heavy (non-hydrogen) atoms. The Bertz CT molecular complexity index is 1950. The molecule has 0 atom stereocenters. The molecule has 0 amide bonds. The molecule has 0 aliphatic rings. The molecule has 3 rings (SSSR count). The highest BCUT2D eigenvalue weighted by molar-refractivity contribution is 7.86. The molecule has 14 heteroatoms. The number of carbonyl (C=O) groups is 2. The van der Waals surface area contributed by atoms with Crippen LogP contribution in [0.4, 0.5) is 0 Å². The summed E-state index contributed by atoms with van der Waals surface area (Å²) in [5.74, 6) is -1.86. The minimum Gasteiger partial charge on any atom is -0.491 e. The molecule has 0 aliphatic heterocycles. The van der Waals surface area contributed by atoms with Crippen LogP contribution in [-0.2, 0) is 19.6 Å². The fraction of sp³-hybridized carbons (Fsp3) is 0.133. The quantitative estimate of drug-likeness (QED) is 0.145. The van der Waals surface area contributed by atoms with E-state index in [1.807, 2.05) is 0 Å². The van der Waals surface area contributed by atoms with Crippen molar-refractivity contribution in [3.05, 3.63) is 111 Å². The van der Waals surface area contributed by atoms with Gasteiger partial charge in [0.05, 0.1) is 36.4 Å². The number of esters is 2. The Morgan fingerprint density at radius 3 is 1.70 bits per heavy atom. The first-order chi connectivity index (χ1) is 21.1. The van der Waals surface area contributed by atoms with E-state index >= 15 is 0 Å². The molecule has 0 fully saturated rings. The maximum absolute atomic E-state index is 12.4. The summed E-state index contributed by atoms with van der Waals surface area (Å²) < 4.78 is 54.0. The molecule has 0 unspecified atom stereocenters. The lowest BCUT2D eigenvalue weighted by Gasteiger charge is -2.13. The predicted octanol–water partition coefficient (Wildman–Crippen LogP) is 2.51. The maximum Gasteiger partial charge on any atom is 0.339 e. The molecule has 3 aromatic carbocycles. The summed E-state index contributed by atoms with van der Waals surface area (Å²) in [6.45, 7) is 13.5. The van der Waals surface area contributed by atoms with Gasteiger partial charge in [-0.05, 0) is 36.4 Å². The summed E-state index contributed by atoms with van der Waals surface area (Å²) >= 11 is 0. The van der Waals surface area contributed by atoms with E-state index in [-0.39, 0.29) is 41.8 Å². The molecule has 0 heterocycles. The van der Waals surface area contributed by atoms with E-state index in [4.69, 9.17) is 32.1 Å². The van der Waals surface area contributed by atoms with Gasteiger partial charge in [-0.3, -0.25) is 4.55 Å². The van der Waals surface area contributed by atoms with Crippen molar-refractivity contribution in [2.75, 3.05) is 26.4 Å². The van der Waals surface area contributed by atoms with Crippen LogP contribution in [0.25, 0.3) is 21.1 Å². The van der Waals surface area contributed by atoms with E-state index in [2.05, 4.69) is 9.69 Å². The lowest BCUT2D eigenvalue weighted by Crippen LogP contribution is -2.23. The molecule has 0 bridgehead atoms. The Kier molecular flexibility index (Phi) is 11.1. The van der Waals surface area contributed by atoms with Gasteiger partial charge in [-0.1, -0.05) is 30.3 Å². The Morgan fingerprint density at radius 1 is 0.750 bits per heavy atom. The maximum atomic E-state index is 12.4. The molecule has 3 aromatic rings. The van der Waals surface area contributed by atoms with E-state index in [0.717, 1.165) is 12.1 Å². The highest BCUT2D eigenvalue weighted by Gasteiger charge is 2.21. The first kappa shape index (κ1) is 32.3. The first-order valence-electron chi connectivity index (χ1n) is 12.3. The van der Waals surface area contributed by atoms with Gasteiger partial charge in [0.15, 0.2) is 0 Å². The summed E-state index contributed by atoms with van der Waals surface area (Å²) in [5, 5.41) is 18.9. The zero-order valence-corrected chi connectivity index (χ0v) is 23.4. The molecule has 1 N–H and O–H groups in total. The molecule has 0 radical (unpaired) electrons. The number of hydrogen-bond acceptors (Lipinski definition) is 10. The van der Waals surface area contributed by atoms with Gasteiger partial charge in [-0.2, -0.15) is 8.42 Å². The third kappa shape index (κ3) is 8.19. The number of nitriles is 2. The van der Waals surface area contributed by atoms with Crippen molar-refractivity contribution in [1.29, 1.82) is 10.5 Å². The van der Waals surface area contributed by atoms with Crippen LogP contribution in [0.2, 0.25) is 0 Å². The minimum atomic E-state index is -4.70. The topological polar surface area (TPSA) is 182 Å². The third-order valence-corrected chi connectivity index (χ3v) is 6.48. The molecular formula is C30H20N4O9S. The van der Waals surface area contributed by atoms with Gasteiger partial charge < -0.3 is 18.9 Å². The van der Waals surface area contributed by atoms with Gasteiger partial charge in [-0.15, -0.1) is 0 Å². The van der Waals surface area contributed by atoms with E-state index < -0.39 is 50.5 Å². The van der Waals surface area contributed by atoms with Crippen LogP contribution in [-0.4, -0.2) is 51.3 Å². The fourth-order valence-electron chi connectivity index (χ4n) is 3.63. The Labute approximate surface area is 251 Å². The highest BCUT2D eigenvalue weighted by atomic mass is 32.2. The normalized spacial score (nSPS) is 11.8. The molecule has 0 saturated heterocycles. The van der Waals surface area contributed by atoms with Gasteiger partial charge >= 0.3 is 11.9 Å². The summed E-state index contributed by atoms with van der Waals surface area (Å²) in [4.78, 5) is 30.3. The second kappa shape index (κ2) is 15.2. The standard InChI is InChI=1S/C30H20N4O9S/c1-33-24(18-31)22-17-27(41-13-15-43-30(36)21-10-6-7-11-28(21)44(37,38)39)23(25(19-32)34-2)16-26(22)40-12-14-42-29(35)20-8-4-3-5-9-20/h3-11,16-17H,12-15H2,(H,37,38,39). The second-order valence-electron chi connectivity index (χ2n) is 8.29. The predicted molar refractivity (Wildman–Crippen MR) is 151 cm³/mol. The van der Waals surface area contributed by atoms with Crippen molar-refractivity contribution in [1.82, 2.24) is 0 Å². The van der Waals surface area contributed by atoms with E-state index in [0.29, 0.717) is 5.56 Å². The van der Waals surface area contributed by atoms with Crippen molar-refractivity contribution < 1.29 is 41.5 Å². The molecule has 0 spiro atoms. The van der Waals surface area contributed by atoms with Crippen LogP contribution in [0.1, 0.15) is 20.7 Å². The van der Waals surface area contributed by atoms with Crippen molar-refractivity contribution in [3.63, 3.8) is 0 Å². The van der Waals surface area contributed by atoms with Crippen molar-refractivity contribution >= 4 is 33.5 Å². The Balaban J connectivity index is 1.84. The number of hydrogen-bond donors (Lipinski definition) is 1. The van der Waals surface area contributed by atoms with Crippen molar-refractivity contribution in [3.8, 4) is 23.6 Å². The average molecular weight is 613 g/mol. The summed E-state index contributed by atoms with van der Waals surface area (Å²) in [6, 6.07) is 18.9. The fourth-order valence-corrected chi connectivity index (χ4v) is 4.31. The van der Waals surface area contributed by atoms with E-state index in [9.17, 15) is 33.1 Å². The molecule has 13 nitrogen and oxygen atoms in total. The van der Waals surface area contributed by atoms with Gasteiger partial charge in [-0.25, -0.2) is 29.8 Å². The minimum absolute atomic E-state index is 0.0445. The largest absolute Gasteiger partial charge is 0.491 e. The lowest BCUT2D eigenvalue weighted by molar-refractivity contribution is 0.0437. The molecule has 0 aliphatic carbocycles. The lowest BCUT2D eigenvalue weighted by atomic mass is 10.1. The first-order valence-corrected chi connectivity index (χ1v) is 13.8. The van der Waals surface area contributed by atoms with Crippen molar-refractivity contribution in [2.45, 2.75) is 4.90 Å². The smallest absolute Gasteiger partial charge is 0.339 e. The van der Waals surface area contributed by atoms with Crippen LogP contribution < -0.4 is 19.9 Å². The molecule has 220 valence electrons. The third-order valence-electron chi connectivity index (χ3n) is 5.57. The Morgan fingerprint density at radius 2 is 1.23 bits per heavy atom. The number of benzene rings is 3. The number of carbonyl (C=O) groups excluding carboxylic acids is 2. The van der Waals surface area contributed by atoms with Gasteiger partial charge in [0.2, 0.25) is 0 Å². The van der Waals surface area contributed by atoms with Crippen LogP contribution >= 0.6 is 0 Å². The van der Waals surface area contributed by atoms with Gasteiger partial charge in [0.25, 0.3) is 21.5 Å². The van der Waals surface area contributed by atoms with Crippen LogP contribution in [0.15, 0.2) is 71.6 Å². The van der Waals surface area contributed by atoms with Gasteiger partial charge in [0.1, 0.15) is 42.8 Å². The SMILES string of the molecule is [C-]#[N+]C(C#N)=c1cc(OCCOC(=O)c2ccccc2S(=O)(=O)O)c(=C(C#N)[N+]#[C-])cc1OCCOC(=O)c1ccccc1. The molecular weight excluding hydrogens is 592 g/mol. The van der Waals surface area contributed by atoms with Crippen LogP contribution in [0.5, 0.6) is 11.5 Å². The number of rotatable bonds is 11. The van der Waals surface area contributed by atoms with Crippen LogP contribution in [0.3, 0.4) is 0 Å². The summed E-state index contributed by atoms with van der Waals surface area (Å²) in [7, 11) is -4.70. The monoisotopic (exact) mass is 612 g/mol. The van der Waals surface area contributed by atoms with Gasteiger partial charge in [0, 0.05) is 10.4 Å². The molecule has 0 saturated carbocycles. The van der Waals surface area contributed by atoms with Crippen molar-refractivity contribution in [2.24, 2.45) is 0 Å². The second-order valence-corrected chi connectivity index (χ2v) is 9.68. The number of ether oxygens (including phenoxy) is 4. The Hall–Kier alpha value is -6.19. The number of nitrogens with zero attached hydrogens (tertiary/aromatic N) is 4. The van der Waals surface area contributed by atoms with Crippen LogP contribution in [0, 0.1) is 35.8 Å². The highest BCUT2D eigenvalue weighted by Crippen LogP contribution is 2.17. The summed E-state index contributed by atoms with van der Waals surface area (Å²) in [6.07, 6.45) is 0. The van der Waals surface area contributed by atoms with E-state index in [1.54, 1.807) is 42.5 Å². The van der Waals surface area contributed by atoms with E-state index in [1.165, 1.54) is 24.3 Å².